The molecule has 0 aliphatic heterocycles. The molecule has 2 aromatic carbocycles. The van der Waals surface area contributed by atoms with E-state index in [2.05, 4.69) is 4.98 Å². The third kappa shape index (κ3) is 2.87. The summed E-state index contributed by atoms with van der Waals surface area (Å²) in [6, 6.07) is 9.83. The van der Waals surface area contributed by atoms with E-state index in [-0.39, 0.29) is 11.6 Å². The molecule has 0 aliphatic rings. The van der Waals surface area contributed by atoms with Crippen molar-refractivity contribution < 1.29 is 8.78 Å². The Morgan fingerprint density at radius 2 is 1.90 bits per heavy atom. The van der Waals surface area contributed by atoms with Crippen LogP contribution in [0, 0.1) is 20.0 Å². The minimum Gasteiger partial charge on any atom is -0.331 e. The summed E-state index contributed by atoms with van der Waals surface area (Å²) >= 11 is 7.22. The molecule has 0 amide bonds. The second-order valence-electron chi connectivity index (χ2n) is 4.71. The predicted molar refractivity (Wildman–Crippen MR) is 89.9 cm³/mol. The van der Waals surface area contributed by atoms with Crippen molar-refractivity contribution >= 4 is 45.8 Å². The van der Waals surface area contributed by atoms with E-state index in [9.17, 15) is 8.78 Å². The van der Waals surface area contributed by atoms with E-state index in [0.29, 0.717) is 32.4 Å². The zero-order valence-corrected chi connectivity index (χ0v) is 13.8. The normalized spacial score (nSPS) is 11.2. The molecule has 3 rings (SSSR count). The molecule has 0 radical (unpaired) electrons. The minimum atomic E-state index is -0.281. The van der Waals surface area contributed by atoms with Gasteiger partial charge in [0.1, 0.15) is 11.6 Å². The van der Waals surface area contributed by atoms with Crippen molar-refractivity contribution in [2.75, 3.05) is 0 Å². The summed E-state index contributed by atoms with van der Waals surface area (Å²) in [5.74, 6) is -0.513. The molecule has 0 saturated heterocycles. The molecule has 1 N–H and O–H groups in total. The largest absolute Gasteiger partial charge is 0.331 e. The molecule has 0 fully saturated rings. The fourth-order valence-electron chi connectivity index (χ4n) is 2.31. The summed E-state index contributed by atoms with van der Waals surface area (Å²) in [5.41, 5.74) is 2.12. The summed E-state index contributed by atoms with van der Waals surface area (Å²) in [7, 11) is 0. The summed E-state index contributed by atoms with van der Waals surface area (Å²) in [4.78, 5) is 3.06. The Morgan fingerprint density at radius 3 is 2.67 bits per heavy atom. The number of nitrogens with one attached hydrogen (secondary N) is 1. The molecule has 0 saturated carbocycles. The summed E-state index contributed by atoms with van der Waals surface area (Å²) in [6.07, 6.45) is 0.502. The molecule has 0 spiro atoms. The number of aromatic amines is 1. The maximum absolute atomic E-state index is 13.7. The molecule has 3 aromatic rings. The van der Waals surface area contributed by atoms with Crippen molar-refractivity contribution in [3.63, 3.8) is 0 Å². The molecule has 108 valence electrons. The molecule has 1 heterocycles. The lowest BCUT2D eigenvalue weighted by atomic mass is 10.1. The number of rotatable bonds is 3. The molecule has 0 bridgehead atoms. The lowest BCUT2D eigenvalue weighted by Crippen LogP contribution is -2.03. The predicted octanol–water partition coefficient (Wildman–Crippen LogP) is 4.82. The van der Waals surface area contributed by atoms with E-state index < -0.39 is 0 Å². The van der Waals surface area contributed by atoms with Gasteiger partial charge in [-0.15, -0.1) is 0 Å². The van der Waals surface area contributed by atoms with E-state index in [1.54, 1.807) is 28.8 Å². The average Bonchev–Trinajstić information content (AvgIpc) is 2.74. The number of halogens is 3. The molecule has 6 heteroatoms. The Bertz CT molecular complexity index is 870. The monoisotopic (exact) mass is 416 g/mol. The fraction of sp³-hybridized carbons (Fsp3) is 0.133. The topological polar surface area (TPSA) is 20.7 Å². The third-order valence-electron chi connectivity index (χ3n) is 3.38. The number of hydrogen-bond acceptors (Lipinski definition) is 1. The van der Waals surface area contributed by atoms with E-state index in [1.165, 1.54) is 12.1 Å². The van der Waals surface area contributed by atoms with Crippen molar-refractivity contribution in [3.8, 4) is 0 Å². The smallest absolute Gasteiger partial charge is 0.178 e. The standard InChI is InChI=1S/C15H11F2IN2S/c16-10-4-2-1-3-9(10)5-6-20-14-7-11(17)12(18)8-13(14)19-15(20)21/h1-4,7-8H,5-6H2,(H,19,21). The van der Waals surface area contributed by atoms with Gasteiger partial charge in [0.25, 0.3) is 0 Å². The zero-order valence-electron chi connectivity index (χ0n) is 10.9. The van der Waals surface area contributed by atoms with Crippen LogP contribution in [0.2, 0.25) is 0 Å². The van der Waals surface area contributed by atoms with Crippen LogP contribution < -0.4 is 0 Å². The number of aromatic nitrogens is 2. The summed E-state index contributed by atoms with van der Waals surface area (Å²) in [5, 5.41) is 0. The van der Waals surface area contributed by atoms with Gasteiger partial charge in [0.05, 0.1) is 14.6 Å². The van der Waals surface area contributed by atoms with Gasteiger partial charge in [-0.05, 0) is 58.9 Å². The first-order chi connectivity index (χ1) is 10.1. The van der Waals surface area contributed by atoms with Gasteiger partial charge in [0.15, 0.2) is 4.77 Å². The number of imidazole rings is 1. The highest BCUT2D eigenvalue weighted by molar-refractivity contribution is 14.1. The van der Waals surface area contributed by atoms with Crippen LogP contribution in [0.4, 0.5) is 8.78 Å². The Hall–Kier alpha value is -1.28. The fourth-order valence-corrected chi connectivity index (χ4v) is 3.07. The van der Waals surface area contributed by atoms with Crippen LogP contribution in [0.1, 0.15) is 5.56 Å². The lowest BCUT2D eigenvalue weighted by molar-refractivity contribution is 0.594. The molecule has 0 atom stereocenters. The highest BCUT2D eigenvalue weighted by atomic mass is 127. The van der Waals surface area contributed by atoms with E-state index in [4.69, 9.17) is 12.2 Å². The minimum absolute atomic E-state index is 0.232. The average molecular weight is 416 g/mol. The molecule has 0 unspecified atom stereocenters. The van der Waals surface area contributed by atoms with E-state index in [0.717, 1.165) is 5.52 Å². The molecule has 0 aliphatic carbocycles. The van der Waals surface area contributed by atoms with Gasteiger partial charge >= 0.3 is 0 Å². The Labute approximate surface area is 138 Å². The highest BCUT2D eigenvalue weighted by Gasteiger charge is 2.09. The Kier molecular flexibility index (Phi) is 4.08. The van der Waals surface area contributed by atoms with Gasteiger partial charge in [-0.25, -0.2) is 8.78 Å². The zero-order chi connectivity index (χ0) is 15.0. The first-order valence-corrected chi connectivity index (χ1v) is 7.86. The Balaban J connectivity index is 1.97. The number of benzene rings is 2. The number of H-pyrrole nitrogens is 1. The van der Waals surface area contributed by atoms with Crippen LogP contribution >= 0.6 is 34.8 Å². The quantitative estimate of drug-likeness (QED) is 0.480. The molecule has 2 nitrogen and oxygen atoms in total. The maximum atomic E-state index is 13.7. The lowest BCUT2D eigenvalue weighted by Gasteiger charge is -2.06. The third-order valence-corrected chi connectivity index (χ3v) is 4.53. The van der Waals surface area contributed by atoms with Crippen LogP contribution in [0.25, 0.3) is 11.0 Å². The Morgan fingerprint density at radius 1 is 1.14 bits per heavy atom. The van der Waals surface area contributed by atoms with Crippen LogP contribution in [-0.2, 0) is 13.0 Å². The second kappa shape index (κ2) is 5.84. The van der Waals surface area contributed by atoms with Crippen molar-refractivity contribution in [2.24, 2.45) is 0 Å². The summed E-state index contributed by atoms with van der Waals surface area (Å²) in [6.45, 7) is 0.500. The molecule has 21 heavy (non-hydrogen) atoms. The number of nitrogens with zero attached hydrogens (tertiary/aromatic N) is 1. The number of fused-ring (bicyclic) bond motifs is 1. The van der Waals surface area contributed by atoms with Crippen molar-refractivity contribution in [2.45, 2.75) is 13.0 Å². The van der Waals surface area contributed by atoms with Crippen molar-refractivity contribution in [3.05, 3.63) is 61.9 Å². The summed E-state index contributed by atoms with van der Waals surface area (Å²) < 4.78 is 30.2. The van der Waals surface area contributed by atoms with E-state index >= 15 is 0 Å². The number of aryl methyl sites for hydroxylation is 2. The van der Waals surface area contributed by atoms with Crippen LogP contribution in [-0.4, -0.2) is 9.55 Å². The molecule has 1 aromatic heterocycles. The first-order valence-electron chi connectivity index (χ1n) is 6.37. The number of hydrogen-bond donors (Lipinski definition) is 1. The molecular weight excluding hydrogens is 405 g/mol. The molecular formula is C15H11F2IN2S. The second-order valence-corrected chi connectivity index (χ2v) is 6.26. The first kappa shape index (κ1) is 14.6. The van der Waals surface area contributed by atoms with E-state index in [1.807, 2.05) is 22.6 Å². The van der Waals surface area contributed by atoms with Crippen LogP contribution in [0.15, 0.2) is 36.4 Å². The van der Waals surface area contributed by atoms with Crippen LogP contribution in [0.5, 0.6) is 0 Å². The van der Waals surface area contributed by atoms with Gasteiger partial charge < -0.3 is 9.55 Å². The maximum Gasteiger partial charge on any atom is 0.178 e. The SMILES string of the molecule is Fc1cc2c(cc1I)[nH]c(=S)n2CCc1ccccc1F. The van der Waals surface area contributed by atoms with Gasteiger partial charge in [-0.3, -0.25) is 0 Å². The van der Waals surface area contributed by atoms with Gasteiger partial charge in [-0.2, -0.15) is 0 Å². The van der Waals surface area contributed by atoms with Crippen molar-refractivity contribution in [1.29, 1.82) is 0 Å². The van der Waals surface area contributed by atoms with Gasteiger partial charge in [0.2, 0.25) is 0 Å². The van der Waals surface area contributed by atoms with Gasteiger partial charge in [-0.1, -0.05) is 18.2 Å². The van der Waals surface area contributed by atoms with Crippen LogP contribution in [0.3, 0.4) is 0 Å². The van der Waals surface area contributed by atoms with Gasteiger partial charge in [0, 0.05) is 12.6 Å². The van der Waals surface area contributed by atoms with Crippen molar-refractivity contribution in [1.82, 2.24) is 9.55 Å². The highest BCUT2D eigenvalue weighted by Crippen LogP contribution is 2.21.